The molecule has 1 aromatic heterocycles. The van der Waals surface area contributed by atoms with Crippen LogP contribution >= 0.6 is 11.6 Å². The minimum absolute atomic E-state index is 0.0442. The van der Waals surface area contributed by atoms with E-state index in [0.717, 1.165) is 5.56 Å². The van der Waals surface area contributed by atoms with Crippen molar-refractivity contribution in [1.29, 1.82) is 0 Å². The molecule has 0 aliphatic carbocycles. The lowest BCUT2D eigenvalue weighted by molar-refractivity contribution is 0.318. The van der Waals surface area contributed by atoms with Crippen LogP contribution in [0.2, 0.25) is 5.02 Å². The summed E-state index contributed by atoms with van der Waals surface area (Å²) in [6.45, 7) is 3.64. The van der Waals surface area contributed by atoms with Gasteiger partial charge in [-0.1, -0.05) is 16.8 Å². The van der Waals surface area contributed by atoms with Gasteiger partial charge in [-0.05, 0) is 37.6 Å². The topological polar surface area (TPSA) is 85.7 Å². The van der Waals surface area contributed by atoms with Crippen molar-refractivity contribution in [3.05, 3.63) is 40.0 Å². The number of halogens is 1. The zero-order chi connectivity index (χ0) is 14.9. The number of nitrogens with two attached hydrogens (primary N) is 1. The van der Waals surface area contributed by atoms with E-state index in [4.69, 9.17) is 27.3 Å². The Bertz CT molecular complexity index is 679. The highest BCUT2D eigenvalue weighted by Crippen LogP contribution is 2.30. The van der Waals surface area contributed by atoms with E-state index in [2.05, 4.69) is 10.3 Å². The first-order valence-corrected chi connectivity index (χ1v) is 6.27. The number of amidine groups is 1. The second kappa shape index (κ2) is 5.42. The minimum Gasteiger partial charge on any atom is -0.438 e. The lowest BCUT2D eigenvalue weighted by Crippen LogP contribution is -2.15. The number of oxime groups is 1. The molecule has 3 N–H and O–H groups in total. The molecule has 106 valence electrons. The maximum Gasteiger partial charge on any atom is 0.229 e. The van der Waals surface area contributed by atoms with Crippen LogP contribution in [0.4, 0.5) is 0 Å². The summed E-state index contributed by atoms with van der Waals surface area (Å²) in [5, 5.41) is 16.7. The van der Waals surface area contributed by atoms with E-state index in [-0.39, 0.29) is 5.84 Å². The van der Waals surface area contributed by atoms with Crippen LogP contribution in [0, 0.1) is 13.8 Å². The third-order valence-electron chi connectivity index (χ3n) is 2.88. The Morgan fingerprint density at radius 1 is 1.45 bits per heavy atom. The lowest BCUT2D eigenvalue weighted by atomic mass is 10.2. The molecular weight excluding hydrogens is 280 g/mol. The van der Waals surface area contributed by atoms with Crippen LogP contribution in [0.5, 0.6) is 11.6 Å². The first-order valence-electron chi connectivity index (χ1n) is 5.89. The third-order valence-corrected chi connectivity index (χ3v) is 3.11. The van der Waals surface area contributed by atoms with E-state index < -0.39 is 0 Å². The van der Waals surface area contributed by atoms with Gasteiger partial charge in [0, 0.05) is 12.1 Å². The Hall–Kier alpha value is -2.21. The number of aryl methyl sites for hydroxylation is 3. The third kappa shape index (κ3) is 2.55. The van der Waals surface area contributed by atoms with Crippen molar-refractivity contribution < 1.29 is 9.94 Å². The summed E-state index contributed by atoms with van der Waals surface area (Å²) in [5.74, 6) is 0.991. The van der Waals surface area contributed by atoms with Gasteiger partial charge in [0.15, 0.2) is 5.84 Å². The van der Waals surface area contributed by atoms with Gasteiger partial charge < -0.3 is 15.7 Å². The van der Waals surface area contributed by atoms with Crippen molar-refractivity contribution >= 4 is 17.4 Å². The number of nitrogens with zero attached hydrogens (tertiary/aromatic N) is 3. The van der Waals surface area contributed by atoms with E-state index in [0.29, 0.717) is 27.9 Å². The van der Waals surface area contributed by atoms with Crippen LogP contribution in [-0.2, 0) is 7.05 Å². The predicted octanol–water partition coefficient (Wildman–Crippen LogP) is 2.58. The van der Waals surface area contributed by atoms with Gasteiger partial charge in [-0.2, -0.15) is 5.10 Å². The summed E-state index contributed by atoms with van der Waals surface area (Å²) < 4.78 is 7.38. The Morgan fingerprint density at radius 3 is 2.75 bits per heavy atom. The SMILES string of the molecule is Cc1cc(Cl)ccc1Oc1c(C(N)=NO)c(C)nn1C. The molecule has 0 unspecified atom stereocenters. The fourth-order valence-corrected chi connectivity index (χ4v) is 2.16. The molecule has 2 aromatic rings. The van der Waals surface area contributed by atoms with Crippen LogP contribution in [0.3, 0.4) is 0 Å². The van der Waals surface area contributed by atoms with Crippen LogP contribution in [0.25, 0.3) is 0 Å². The molecule has 20 heavy (non-hydrogen) atoms. The van der Waals surface area contributed by atoms with Gasteiger partial charge in [0.05, 0.1) is 5.69 Å². The molecule has 6 nitrogen and oxygen atoms in total. The van der Waals surface area contributed by atoms with E-state index in [1.54, 1.807) is 32.2 Å². The molecule has 0 aliphatic heterocycles. The molecule has 0 radical (unpaired) electrons. The molecule has 0 fully saturated rings. The quantitative estimate of drug-likeness (QED) is 0.394. The normalized spacial score (nSPS) is 11.7. The Morgan fingerprint density at radius 2 is 2.15 bits per heavy atom. The number of rotatable bonds is 3. The van der Waals surface area contributed by atoms with E-state index in [9.17, 15) is 0 Å². The van der Waals surface area contributed by atoms with Crippen molar-refractivity contribution in [1.82, 2.24) is 9.78 Å². The van der Waals surface area contributed by atoms with Gasteiger partial charge in [-0.15, -0.1) is 0 Å². The van der Waals surface area contributed by atoms with Gasteiger partial charge in [0.2, 0.25) is 5.88 Å². The second-order valence-electron chi connectivity index (χ2n) is 4.39. The Balaban J connectivity index is 2.48. The van der Waals surface area contributed by atoms with Crippen molar-refractivity contribution in [3.8, 4) is 11.6 Å². The smallest absolute Gasteiger partial charge is 0.229 e. The number of hydrogen-bond acceptors (Lipinski definition) is 4. The molecule has 0 amide bonds. The molecule has 0 saturated heterocycles. The average molecular weight is 295 g/mol. The highest BCUT2D eigenvalue weighted by molar-refractivity contribution is 6.30. The first kappa shape index (κ1) is 14.2. The van der Waals surface area contributed by atoms with Crippen LogP contribution in [0.15, 0.2) is 23.4 Å². The molecule has 0 atom stereocenters. The van der Waals surface area contributed by atoms with Gasteiger partial charge in [-0.3, -0.25) is 0 Å². The summed E-state index contributed by atoms with van der Waals surface area (Å²) in [5.41, 5.74) is 7.62. The van der Waals surface area contributed by atoms with Crippen molar-refractivity contribution in [2.45, 2.75) is 13.8 Å². The maximum absolute atomic E-state index is 8.86. The molecule has 0 saturated carbocycles. The maximum atomic E-state index is 8.86. The second-order valence-corrected chi connectivity index (χ2v) is 4.82. The zero-order valence-electron chi connectivity index (χ0n) is 11.4. The molecule has 2 rings (SSSR count). The number of ether oxygens (including phenoxy) is 1. The Labute approximate surface area is 121 Å². The van der Waals surface area contributed by atoms with Gasteiger partial charge in [0.1, 0.15) is 11.3 Å². The molecule has 7 heteroatoms. The van der Waals surface area contributed by atoms with Crippen LogP contribution in [-0.4, -0.2) is 20.8 Å². The molecule has 0 bridgehead atoms. The summed E-state index contributed by atoms with van der Waals surface area (Å²) in [6, 6.07) is 5.29. The van der Waals surface area contributed by atoms with Crippen molar-refractivity contribution in [3.63, 3.8) is 0 Å². The standard InChI is InChI=1S/C13H15ClN4O2/c1-7-6-9(14)4-5-10(7)20-13-11(12(15)17-19)8(2)16-18(13)3/h4-6,19H,1-3H3,(H2,15,17). The van der Waals surface area contributed by atoms with Gasteiger partial charge in [-0.25, -0.2) is 4.68 Å². The highest BCUT2D eigenvalue weighted by Gasteiger charge is 2.19. The highest BCUT2D eigenvalue weighted by atomic mass is 35.5. The molecule has 1 aromatic carbocycles. The van der Waals surface area contributed by atoms with Crippen LogP contribution < -0.4 is 10.5 Å². The van der Waals surface area contributed by atoms with Gasteiger partial charge >= 0.3 is 0 Å². The van der Waals surface area contributed by atoms with Crippen LogP contribution in [0.1, 0.15) is 16.8 Å². The summed E-state index contributed by atoms with van der Waals surface area (Å²) >= 11 is 5.91. The first-order chi connectivity index (χ1) is 9.43. The summed E-state index contributed by atoms with van der Waals surface area (Å²) in [6.07, 6.45) is 0. The summed E-state index contributed by atoms with van der Waals surface area (Å²) in [7, 11) is 1.72. The molecule has 1 heterocycles. The Kier molecular flexibility index (Phi) is 3.85. The summed E-state index contributed by atoms with van der Waals surface area (Å²) in [4.78, 5) is 0. The number of benzene rings is 1. The predicted molar refractivity (Wildman–Crippen MR) is 76.7 cm³/mol. The van der Waals surface area contributed by atoms with Crippen molar-refractivity contribution in [2.24, 2.45) is 17.9 Å². The zero-order valence-corrected chi connectivity index (χ0v) is 12.1. The minimum atomic E-state index is -0.0442. The fraction of sp³-hybridized carbons (Fsp3) is 0.231. The number of aromatic nitrogens is 2. The lowest BCUT2D eigenvalue weighted by Gasteiger charge is -2.10. The molecule has 0 aliphatic rings. The van der Waals surface area contributed by atoms with E-state index in [1.807, 2.05) is 6.92 Å². The molecular formula is C13H15ClN4O2. The monoisotopic (exact) mass is 294 g/mol. The molecule has 0 spiro atoms. The largest absolute Gasteiger partial charge is 0.438 e. The van der Waals surface area contributed by atoms with E-state index in [1.165, 1.54) is 4.68 Å². The van der Waals surface area contributed by atoms with Gasteiger partial charge in [0.25, 0.3) is 0 Å². The van der Waals surface area contributed by atoms with Crippen molar-refractivity contribution in [2.75, 3.05) is 0 Å². The fourth-order valence-electron chi connectivity index (χ4n) is 1.93. The van der Waals surface area contributed by atoms with E-state index >= 15 is 0 Å². The number of hydrogen-bond donors (Lipinski definition) is 2. The average Bonchev–Trinajstić information content (AvgIpc) is 2.66.